The van der Waals surface area contributed by atoms with Gasteiger partial charge in [0.2, 0.25) is 0 Å². The first-order chi connectivity index (χ1) is 11.7. The average Bonchev–Trinajstić information content (AvgIpc) is 2.99. The van der Waals surface area contributed by atoms with Crippen molar-refractivity contribution in [3.63, 3.8) is 0 Å². The van der Waals surface area contributed by atoms with Gasteiger partial charge in [0.05, 0.1) is 11.1 Å². The van der Waals surface area contributed by atoms with Gasteiger partial charge in [-0.3, -0.25) is 0 Å². The Balaban J connectivity index is 0.00000182. The van der Waals surface area contributed by atoms with Gasteiger partial charge in [-0.15, -0.1) is 12.4 Å². The largest absolute Gasteiger partial charge is 0.449 e. The van der Waals surface area contributed by atoms with E-state index >= 15 is 0 Å². The zero-order valence-electron chi connectivity index (χ0n) is 14.0. The second-order valence-corrected chi connectivity index (χ2v) is 6.58. The second-order valence-electron chi connectivity index (χ2n) is 6.58. The molecule has 6 nitrogen and oxygen atoms in total. The van der Waals surface area contributed by atoms with Crippen molar-refractivity contribution < 1.29 is 13.9 Å². The smallest absolute Gasteiger partial charge is 0.407 e. The first kappa shape index (κ1) is 17.8. The summed E-state index contributed by atoms with van der Waals surface area (Å²) < 4.78 is 10.9. The lowest BCUT2D eigenvalue weighted by molar-refractivity contribution is 0.127. The molecule has 1 saturated carbocycles. The number of fused-ring (bicyclic) bond motifs is 1. The van der Waals surface area contributed by atoms with Crippen molar-refractivity contribution in [1.82, 2.24) is 15.6 Å². The van der Waals surface area contributed by atoms with Gasteiger partial charge >= 0.3 is 6.09 Å². The number of nitrogens with one attached hydrogen (secondary N) is 2. The molecule has 0 spiro atoms. The van der Waals surface area contributed by atoms with E-state index in [1.165, 1.54) is 0 Å². The van der Waals surface area contributed by atoms with Crippen LogP contribution in [0.15, 0.2) is 41.0 Å². The molecule has 0 bridgehead atoms. The maximum atomic E-state index is 12.1. The monoisotopic (exact) mass is 363 g/mol. The fourth-order valence-corrected chi connectivity index (χ4v) is 3.90. The summed E-state index contributed by atoms with van der Waals surface area (Å²) in [6.45, 7) is 4.51. The number of oxazole rings is 1. The van der Waals surface area contributed by atoms with Crippen LogP contribution in [0.1, 0.15) is 17.1 Å². The van der Waals surface area contributed by atoms with Crippen LogP contribution in [-0.2, 0) is 16.7 Å². The number of nitrogens with zero attached hydrogens (tertiary/aromatic N) is 1. The molecule has 1 saturated heterocycles. The molecule has 1 aliphatic carbocycles. The number of alkyl carbamates (subject to hydrolysis) is 1. The van der Waals surface area contributed by atoms with Gasteiger partial charge in [0.1, 0.15) is 12.9 Å². The van der Waals surface area contributed by atoms with E-state index in [2.05, 4.69) is 15.6 Å². The van der Waals surface area contributed by atoms with Gasteiger partial charge in [-0.25, -0.2) is 9.78 Å². The Hall–Kier alpha value is -2.05. The van der Waals surface area contributed by atoms with Gasteiger partial charge in [0.15, 0.2) is 5.89 Å². The minimum absolute atomic E-state index is 0. The Morgan fingerprint density at radius 2 is 2.08 bits per heavy atom. The van der Waals surface area contributed by atoms with E-state index in [9.17, 15) is 4.79 Å². The van der Waals surface area contributed by atoms with Gasteiger partial charge in [-0.05, 0) is 30.5 Å². The molecule has 1 aliphatic heterocycles. The van der Waals surface area contributed by atoms with Crippen molar-refractivity contribution in [2.75, 3.05) is 19.7 Å². The van der Waals surface area contributed by atoms with Crippen LogP contribution in [0.2, 0.25) is 0 Å². The zero-order valence-corrected chi connectivity index (χ0v) is 14.8. The molecule has 4 rings (SSSR count). The Kier molecular flexibility index (Phi) is 5.01. The number of rotatable bonds is 5. The van der Waals surface area contributed by atoms with Gasteiger partial charge in [0.25, 0.3) is 0 Å². The fourth-order valence-electron chi connectivity index (χ4n) is 3.90. The summed E-state index contributed by atoms with van der Waals surface area (Å²) in [6, 6.07) is 9.78. The predicted molar refractivity (Wildman–Crippen MR) is 94.6 cm³/mol. The molecule has 7 heteroatoms. The lowest BCUT2D eigenvalue weighted by Gasteiger charge is -2.19. The SMILES string of the molecule is Cc1nc(C2(COC(=O)NCc3ccccc3)C3CNCC32)co1.Cl. The summed E-state index contributed by atoms with van der Waals surface area (Å²) >= 11 is 0. The summed E-state index contributed by atoms with van der Waals surface area (Å²) in [5, 5.41) is 6.17. The lowest BCUT2D eigenvalue weighted by atomic mass is 9.97. The highest BCUT2D eigenvalue weighted by molar-refractivity contribution is 5.85. The van der Waals surface area contributed by atoms with Crippen molar-refractivity contribution in [2.45, 2.75) is 18.9 Å². The third kappa shape index (κ3) is 3.24. The molecule has 0 radical (unpaired) electrons. The maximum Gasteiger partial charge on any atom is 0.407 e. The molecular formula is C18H22ClN3O3. The Morgan fingerprint density at radius 1 is 1.36 bits per heavy atom. The van der Waals surface area contributed by atoms with Gasteiger partial charge < -0.3 is 19.8 Å². The number of hydrogen-bond donors (Lipinski definition) is 2. The summed E-state index contributed by atoms with van der Waals surface area (Å²) in [4.78, 5) is 16.5. The number of carbonyl (C=O) groups excluding carboxylic acids is 1. The summed E-state index contributed by atoms with van der Waals surface area (Å²) in [6.07, 6.45) is 1.31. The maximum absolute atomic E-state index is 12.1. The summed E-state index contributed by atoms with van der Waals surface area (Å²) in [5.74, 6) is 1.57. The molecule has 2 fully saturated rings. The van der Waals surface area contributed by atoms with E-state index in [0.29, 0.717) is 30.9 Å². The van der Waals surface area contributed by atoms with E-state index in [-0.39, 0.29) is 17.8 Å². The normalized spacial score (nSPS) is 26.4. The van der Waals surface area contributed by atoms with Crippen molar-refractivity contribution in [3.05, 3.63) is 53.7 Å². The quantitative estimate of drug-likeness (QED) is 0.853. The van der Waals surface area contributed by atoms with E-state index in [0.717, 1.165) is 24.3 Å². The number of aromatic nitrogens is 1. The molecule has 134 valence electrons. The van der Waals surface area contributed by atoms with E-state index in [1.54, 1.807) is 6.26 Å². The molecular weight excluding hydrogens is 342 g/mol. The molecule has 2 aromatic rings. The van der Waals surface area contributed by atoms with Crippen LogP contribution >= 0.6 is 12.4 Å². The number of aryl methyl sites for hydroxylation is 1. The van der Waals surface area contributed by atoms with Crippen LogP contribution in [0.4, 0.5) is 4.79 Å². The molecule has 1 aromatic carbocycles. The molecule has 2 atom stereocenters. The molecule has 25 heavy (non-hydrogen) atoms. The molecule has 1 aromatic heterocycles. The second kappa shape index (κ2) is 7.06. The number of halogens is 1. The van der Waals surface area contributed by atoms with Crippen molar-refractivity contribution in [3.8, 4) is 0 Å². The summed E-state index contributed by atoms with van der Waals surface area (Å²) in [5.41, 5.74) is 1.77. The number of ether oxygens (including phenoxy) is 1. The minimum Gasteiger partial charge on any atom is -0.449 e. The summed E-state index contributed by atoms with van der Waals surface area (Å²) in [7, 11) is 0. The van der Waals surface area contributed by atoms with Crippen molar-refractivity contribution in [1.29, 1.82) is 0 Å². The van der Waals surface area contributed by atoms with Gasteiger partial charge in [-0.2, -0.15) is 0 Å². The number of benzene rings is 1. The van der Waals surface area contributed by atoms with Gasteiger partial charge in [-0.1, -0.05) is 30.3 Å². The molecule has 2 heterocycles. The van der Waals surface area contributed by atoms with Gasteiger partial charge in [0, 0.05) is 13.5 Å². The third-order valence-electron chi connectivity index (χ3n) is 5.25. The average molecular weight is 364 g/mol. The number of amides is 1. The highest BCUT2D eigenvalue weighted by Crippen LogP contribution is 2.61. The fraction of sp³-hybridized carbons (Fsp3) is 0.444. The Bertz CT molecular complexity index is 724. The topological polar surface area (TPSA) is 76.4 Å². The molecule has 1 amide bonds. The highest BCUT2D eigenvalue weighted by Gasteiger charge is 2.69. The van der Waals surface area contributed by atoms with Crippen LogP contribution < -0.4 is 10.6 Å². The molecule has 2 unspecified atom stereocenters. The number of piperidine rings is 1. The van der Waals surface area contributed by atoms with E-state index in [4.69, 9.17) is 9.15 Å². The first-order valence-corrected chi connectivity index (χ1v) is 8.28. The predicted octanol–water partition coefficient (Wildman–Crippen LogP) is 2.42. The molecule has 2 aliphatic rings. The first-order valence-electron chi connectivity index (χ1n) is 8.28. The van der Waals surface area contributed by atoms with E-state index in [1.807, 2.05) is 37.3 Å². The van der Waals surface area contributed by atoms with E-state index < -0.39 is 6.09 Å². The number of hydrogen-bond acceptors (Lipinski definition) is 5. The molecule has 2 N–H and O–H groups in total. The van der Waals surface area contributed by atoms with Crippen molar-refractivity contribution in [2.24, 2.45) is 11.8 Å². The minimum atomic E-state index is -0.392. The Labute approximate surface area is 152 Å². The standard InChI is InChI=1S/C18H21N3O3.ClH/c1-12-21-16(10-23-12)18(14-8-19-9-15(14)18)11-24-17(22)20-7-13-5-3-2-4-6-13;/h2-6,10,14-15,19H,7-9,11H2,1H3,(H,20,22);1H. The van der Waals surface area contributed by atoms with Crippen LogP contribution in [0.25, 0.3) is 0 Å². The van der Waals surface area contributed by atoms with Crippen LogP contribution in [-0.4, -0.2) is 30.8 Å². The van der Waals surface area contributed by atoms with Crippen LogP contribution in [0, 0.1) is 18.8 Å². The Morgan fingerprint density at radius 3 is 2.72 bits per heavy atom. The lowest BCUT2D eigenvalue weighted by Crippen LogP contribution is -2.33. The van der Waals surface area contributed by atoms with Crippen molar-refractivity contribution >= 4 is 18.5 Å². The number of carbonyl (C=O) groups is 1. The van der Waals surface area contributed by atoms with Crippen LogP contribution in [0.3, 0.4) is 0 Å². The highest BCUT2D eigenvalue weighted by atomic mass is 35.5. The van der Waals surface area contributed by atoms with Crippen LogP contribution in [0.5, 0.6) is 0 Å². The third-order valence-corrected chi connectivity index (χ3v) is 5.25. The zero-order chi connectivity index (χ0) is 16.6.